The molecule has 1 N–H and O–H groups in total. The topological polar surface area (TPSA) is 29.9 Å². The molecule has 0 spiro atoms. The van der Waals surface area contributed by atoms with Gasteiger partial charge < -0.3 is 9.88 Å². The van der Waals surface area contributed by atoms with Crippen LogP contribution in [0.1, 0.15) is 29.6 Å². The van der Waals surface area contributed by atoms with Crippen LogP contribution in [-0.4, -0.2) is 9.55 Å². The van der Waals surface area contributed by atoms with E-state index in [9.17, 15) is 4.39 Å². The van der Waals surface area contributed by atoms with E-state index in [1.165, 1.54) is 11.6 Å². The second-order valence-corrected chi connectivity index (χ2v) is 6.67. The first-order chi connectivity index (χ1) is 12.8. The number of nitrogens with zero attached hydrogens (tertiary/aromatic N) is 2. The Balaban J connectivity index is 1.71. The molecule has 1 aliphatic heterocycles. The first kappa shape index (κ1) is 15.1. The van der Waals surface area contributed by atoms with E-state index < -0.39 is 0 Å². The molecule has 0 saturated heterocycles. The molecule has 0 radical (unpaired) electrons. The fraction of sp³-hybridized carbons (Fsp3) is 0.136. The highest BCUT2D eigenvalue weighted by atomic mass is 19.1. The first-order valence-electron chi connectivity index (χ1n) is 8.84. The highest BCUT2D eigenvalue weighted by Crippen LogP contribution is 2.41. The number of fused-ring (bicyclic) bond motifs is 3. The lowest BCUT2D eigenvalue weighted by Crippen LogP contribution is -2.27. The van der Waals surface area contributed by atoms with Crippen molar-refractivity contribution in [1.29, 1.82) is 0 Å². The van der Waals surface area contributed by atoms with Crippen LogP contribution in [0.4, 0.5) is 10.3 Å². The molecule has 4 aromatic rings. The van der Waals surface area contributed by atoms with E-state index in [0.29, 0.717) is 5.56 Å². The smallest absolute Gasteiger partial charge is 0.204 e. The summed E-state index contributed by atoms with van der Waals surface area (Å²) < 4.78 is 16.8. The Morgan fingerprint density at radius 2 is 1.62 bits per heavy atom. The molecule has 0 fully saturated rings. The molecule has 26 heavy (non-hydrogen) atoms. The summed E-state index contributed by atoms with van der Waals surface area (Å²) in [6.45, 7) is 0. The Hall–Kier alpha value is -3.14. The molecule has 128 valence electrons. The third-order valence-electron chi connectivity index (χ3n) is 5.14. The van der Waals surface area contributed by atoms with Crippen molar-refractivity contribution >= 4 is 17.0 Å². The SMILES string of the molecule is Fc1ccccc1C1CC(c2ccccc2)Nc2nc3ccccc3n21. The Kier molecular flexibility index (Phi) is 3.49. The predicted molar refractivity (Wildman–Crippen MR) is 102 cm³/mol. The summed E-state index contributed by atoms with van der Waals surface area (Å²) in [4.78, 5) is 4.76. The molecular formula is C22H18FN3. The summed E-state index contributed by atoms with van der Waals surface area (Å²) in [6.07, 6.45) is 0.762. The van der Waals surface area contributed by atoms with Gasteiger partial charge in [-0.05, 0) is 30.2 Å². The second kappa shape index (κ2) is 5.99. The number of rotatable bonds is 2. The maximum Gasteiger partial charge on any atom is 0.204 e. The molecule has 2 atom stereocenters. The Morgan fingerprint density at radius 1 is 0.885 bits per heavy atom. The number of para-hydroxylation sites is 2. The predicted octanol–water partition coefficient (Wildman–Crippen LogP) is 5.32. The van der Waals surface area contributed by atoms with Gasteiger partial charge in [0.1, 0.15) is 5.82 Å². The molecule has 3 aromatic carbocycles. The summed E-state index contributed by atoms with van der Waals surface area (Å²) in [7, 11) is 0. The zero-order chi connectivity index (χ0) is 17.5. The standard InChI is InChI=1S/C22H18FN3/c23-17-11-5-4-10-16(17)21-14-19(15-8-2-1-3-9-15)25-22-24-18-12-6-7-13-20(18)26(21)22/h1-13,19,21H,14H2,(H,24,25). The molecule has 2 heterocycles. The maximum absolute atomic E-state index is 14.6. The molecule has 1 aliphatic rings. The van der Waals surface area contributed by atoms with Gasteiger partial charge in [0.05, 0.1) is 23.1 Å². The molecule has 5 rings (SSSR count). The van der Waals surface area contributed by atoms with E-state index in [4.69, 9.17) is 4.98 Å². The van der Waals surface area contributed by atoms with Crippen molar-refractivity contribution in [3.05, 3.63) is 95.8 Å². The van der Waals surface area contributed by atoms with Crippen molar-refractivity contribution in [2.45, 2.75) is 18.5 Å². The van der Waals surface area contributed by atoms with Crippen molar-refractivity contribution in [1.82, 2.24) is 9.55 Å². The number of aromatic nitrogens is 2. The van der Waals surface area contributed by atoms with E-state index in [2.05, 4.69) is 22.0 Å². The Bertz CT molecular complexity index is 1070. The summed E-state index contributed by atoms with van der Waals surface area (Å²) in [6, 6.07) is 25.3. The number of halogens is 1. The lowest BCUT2D eigenvalue weighted by Gasteiger charge is -2.33. The summed E-state index contributed by atoms with van der Waals surface area (Å²) in [5.41, 5.74) is 3.84. The van der Waals surface area contributed by atoms with E-state index in [1.807, 2.05) is 54.6 Å². The van der Waals surface area contributed by atoms with Gasteiger partial charge in [0.25, 0.3) is 0 Å². The normalized spacial score (nSPS) is 19.1. The molecule has 2 unspecified atom stereocenters. The van der Waals surface area contributed by atoms with Crippen LogP contribution in [0.3, 0.4) is 0 Å². The number of imidazole rings is 1. The number of benzene rings is 3. The maximum atomic E-state index is 14.6. The number of hydrogen-bond donors (Lipinski definition) is 1. The van der Waals surface area contributed by atoms with Crippen molar-refractivity contribution in [2.75, 3.05) is 5.32 Å². The van der Waals surface area contributed by atoms with Crippen LogP contribution >= 0.6 is 0 Å². The van der Waals surface area contributed by atoms with Crippen LogP contribution in [0.2, 0.25) is 0 Å². The molecule has 0 bridgehead atoms. The minimum absolute atomic E-state index is 0.0881. The fourth-order valence-electron chi connectivity index (χ4n) is 3.92. The van der Waals surface area contributed by atoms with Crippen LogP contribution in [0.5, 0.6) is 0 Å². The summed E-state index contributed by atoms with van der Waals surface area (Å²) in [5, 5.41) is 3.55. The van der Waals surface area contributed by atoms with Crippen molar-refractivity contribution in [2.24, 2.45) is 0 Å². The largest absolute Gasteiger partial charge is 0.349 e. The van der Waals surface area contributed by atoms with Crippen molar-refractivity contribution in [3.63, 3.8) is 0 Å². The van der Waals surface area contributed by atoms with Gasteiger partial charge in [-0.2, -0.15) is 0 Å². The monoisotopic (exact) mass is 343 g/mol. The lowest BCUT2D eigenvalue weighted by atomic mass is 9.92. The summed E-state index contributed by atoms with van der Waals surface area (Å²) >= 11 is 0. The zero-order valence-corrected chi connectivity index (χ0v) is 14.1. The molecule has 0 saturated carbocycles. The van der Waals surface area contributed by atoms with Crippen LogP contribution in [-0.2, 0) is 0 Å². The van der Waals surface area contributed by atoms with Gasteiger partial charge in [0.2, 0.25) is 5.95 Å². The molecule has 4 heteroatoms. The van der Waals surface area contributed by atoms with Crippen molar-refractivity contribution in [3.8, 4) is 0 Å². The van der Waals surface area contributed by atoms with E-state index >= 15 is 0 Å². The van der Waals surface area contributed by atoms with Gasteiger partial charge in [0, 0.05) is 5.56 Å². The highest BCUT2D eigenvalue weighted by molar-refractivity contribution is 5.79. The van der Waals surface area contributed by atoms with E-state index in [1.54, 1.807) is 6.07 Å². The quantitative estimate of drug-likeness (QED) is 0.534. The summed E-state index contributed by atoms with van der Waals surface area (Å²) in [5.74, 6) is 0.620. The Morgan fingerprint density at radius 3 is 2.46 bits per heavy atom. The number of hydrogen-bond acceptors (Lipinski definition) is 2. The zero-order valence-electron chi connectivity index (χ0n) is 14.1. The lowest BCUT2D eigenvalue weighted by molar-refractivity contribution is 0.457. The van der Waals surface area contributed by atoms with Crippen LogP contribution < -0.4 is 5.32 Å². The number of anilines is 1. The van der Waals surface area contributed by atoms with Gasteiger partial charge in [0.15, 0.2) is 0 Å². The Labute approximate surface area is 151 Å². The third-order valence-corrected chi connectivity index (χ3v) is 5.14. The fourth-order valence-corrected chi connectivity index (χ4v) is 3.92. The van der Waals surface area contributed by atoms with Crippen LogP contribution in [0.15, 0.2) is 78.9 Å². The first-order valence-corrected chi connectivity index (χ1v) is 8.84. The van der Waals surface area contributed by atoms with Gasteiger partial charge in [-0.3, -0.25) is 0 Å². The molecule has 0 amide bonds. The van der Waals surface area contributed by atoms with Gasteiger partial charge >= 0.3 is 0 Å². The van der Waals surface area contributed by atoms with E-state index in [0.717, 1.165) is 23.4 Å². The van der Waals surface area contributed by atoms with Gasteiger partial charge in [-0.25, -0.2) is 9.37 Å². The average Bonchev–Trinajstić information content (AvgIpc) is 3.07. The second-order valence-electron chi connectivity index (χ2n) is 6.67. The molecular weight excluding hydrogens is 325 g/mol. The average molecular weight is 343 g/mol. The van der Waals surface area contributed by atoms with Crippen LogP contribution in [0.25, 0.3) is 11.0 Å². The van der Waals surface area contributed by atoms with Gasteiger partial charge in [-0.15, -0.1) is 0 Å². The third kappa shape index (κ3) is 2.37. The minimum atomic E-state index is -0.171. The molecule has 3 nitrogen and oxygen atoms in total. The van der Waals surface area contributed by atoms with Crippen LogP contribution in [0, 0.1) is 5.82 Å². The number of nitrogens with one attached hydrogen (secondary N) is 1. The highest BCUT2D eigenvalue weighted by Gasteiger charge is 2.32. The van der Waals surface area contributed by atoms with Crippen molar-refractivity contribution < 1.29 is 4.39 Å². The minimum Gasteiger partial charge on any atom is -0.349 e. The molecule has 1 aromatic heterocycles. The molecule has 0 aliphatic carbocycles. The van der Waals surface area contributed by atoms with E-state index in [-0.39, 0.29) is 17.9 Å². The van der Waals surface area contributed by atoms with Gasteiger partial charge in [-0.1, -0.05) is 60.7 Å².